The van der Waals surface area contributed by atoms with Gasteiger partial charge in [0.05, 0.1) is 6.04 Å². The SMILES string of the molecule is CCCNC(CC)c1ccc(-c2ccc(C)c(Cl)c2)o1. The molecule has 1 aromatic carbocycles. The van der Waals surface area contributed by atoms with Crippen molar-refractivity contribution in [3.8, 4) is 11.3 Å². The molecule has 0 fully saturated rings. The molecule has 0 saturated heterocycles. The van der Waals surface area contributed by atoms with Crippen LogP contribution in [0.5, 0.6) is 0 Å². The molecule has 1 N–H and O–H groups in total. The smallest absolute Gasteiger partial charge is 0.134 e. The van der Waals surface area contributed by atoms with E-state index >= 15 is 0 Å². The van der Waals surface area contributed by atoms with Crippen molar-refractivity contribution in [1.82, 2.24) is 5.32 Å². The zero-order valence-electron chi connectivity index (χ0n) is 12.4. The van der Waals surface area contributed by atoms with Crippen LogP contribution in [0.15, 0.2) is 34.7 Å². The van der Waals surface area contributed by atoms with Gasteiger partial charge in [-0.1, -0.05) is 37.6 Å². The average Bonchev–Trinajstić information content (AvgIpc) is 2.92. The van der Waals surface area contributed by atoms with E-state index < -0.39 is 0 Å². The van der Waals surface area contributed by atoms with Crippen molar-refractivity contribution in [2.45, 2.75) is 39.7 Å². The molecular weight excluding hydrogens is 270 g/mol. The Morgan fingerprint density at radius 3 is 2.65 bits per heavy atom. The third-order valence-corrected chi connectivity index (χ3v) is 3.88. The van der Waals surface area contributed by atoms with E-state index in [1.165, 1.54) is 0 Å². The fraction of sp³-hybridized carbons (Fsp3) is 0.412. The Hall–Kier alpha value is -1.25. The van der Waals surface area contributed by atoms with E-state index in [4.69, 9.17) is 16.0 Å². The van der Waals surface area contributed by atoms with Crippen LogP contribution in [-0.2, 0) is 0 Å². The maximum atomic E-state index is 6.17. The Labute approximate surface area is 126 Å². The highest BCUT2D eigenvalue weighted by atomic mass is 35.5. The normalized spacial score (nSPS) is 12.6. The lowest BCUT2D eigenvalue weighted by Gasteiger charge is -2.13. The molecule has 1 aromatic heterocycles. The van der Waals surface area contributed by atoms with E-state index in [0.29, 0.717) is 0 Å². The monoisotopic (exact) mass is 291 g/mol. The number of furan rings is 1. The standard InChI is InChI=1S/C17H22ClNO/c1-4-10-19-15(5-2)17-9-8-16(20-17)13-7-6-12(3)14(18)11-13/h6-9,11,15,19H,4-5,10H2,1-3H3. The van der Waals surface area contributed by atoms with Gasteiger partial charge < -0.3 is 9.73 Å². The third-order valence-electron chi connectivity index (χ3n) is 3.48. The number of hydrogen-bond donors (Lipinski definition) is 1. The Bertz CT molecular complexity index is 562. The minimum Gasteiger partial charge on any atom is -0.459 e. The largest absolute Gasteiger partial charge is 0.459 e. The van der Waals surface area contributed by atoms with Crippen LogP contribution in [0.2, 0.25) is 5.02 Å². The highest BCUT2D eigenvalue weighted by Crippen LogP contribution is 2.29. The first-order valence-corrected chi connectivity index (χ1v) is 7.63. The second-order valence-electron chi connectivity index (χ2n) is 5.08. The van der Waals surface area contributed by atoms with Crippen LogP contribution in [0.1, 0.15) is 44.1 Å². The van der Waals surface area contributed by atoms with Crippen molar-refractivity contribution in [1.29, 1.82) is 0 Å². The zero-order chi connectivity index (χ0) is 14.5. The Morgan fingerprint density at radius 1 is 1.20 bits per heavy atom. The molecule has 0 spiro atoms. The van der Waals surface area contributed by atoms with Gasteiger partial charge in [-0.25, -0.2) is 0 Å². The summed E-state index contributed by atoms with van der Waals surface area (Å²) in [6.45, 7) is 7.34. The highest BCUT2D eigenvalue weighted by Gasteiger charge is 2.14. The molecule has 20 heavy (non-hydrogen) atoms. The number of nitrogens with one attached hydrogen (secondary N) is 1. The van der Waals surface area contributed by atoms with E-state index in [0.717, 1.165) is 47.1 Å². The molecule has 2 rings (SSSR count). The maximum absolute atomic E-state index is 6.17. The van der Waals surface area contributed by atoms with E-state index in [-0.39, 0.29) is 6.04 Å². The lowest BCUT2D eigenvalue weighted by Crippen LogP contribution is -2.20. The summed E-state index contributed by atoms with van der Waals surface area (Å²) in [5.74, 6) is 1.87. The molecule has 0 bridgehead atoms. The molecule has 1 unspecified atom stereocenters. The summed E-state index contributed by atoms with van der Waals surface area (Å²) in [7, 11) is 0. The molecule has 0 aliphatic carbocycles. The quantitative estimate of drug-likeness (QED) is 0.775. The second-order valence-corrected chi connectivity index (χ2v) is 5.49. The van der Waals surface area contributed by atoms with Crippen molar-refractivity contribution < 1.29 is 4.42 Å². The molecule has 3 heteroatoms. The lowest BCUT2D eigenvalue weighted by atomic mass is 10.1. The van der Waals surface area contributed by atoms with Gasteiger partial charge in [0.1, 0.15) is 11.5 Å². The Balaban J connectivity index is 2.20. The first-order valence-electron chi connectivity index (χ1n) is 7.25. The van der Waals surface area contributed by atoms with Crippen molar-refractivity contribution in [2.24, 2.45) is 0 Å². The summed E-state index contributed by atoms with van der Waals surface area (Å²) in [6, 6.07) is 10.4. The van der Waals surface area contributed by atoms with Gasteiger partial charge in [-0.2, -0.15) is 0 Å². The first kappa shape index (κ1) is 15.1. The van der Waals surface area contributed by atoms with Gasteiger partial charge in [0.2, 0.25) is 0 Å². The number of halogens is 1. The van der Waals surface area contributed by atoms with Crippen LogP contribution in [0.4, 0.5) is 0 Å². The summed E-state index contributed by atoms with van der Waals surface area (Å²) >= 11 is 6.17. The summed E-state index contributed by atoms with van der Waals surface area (Å²) in [5, 5.41) is 4.28. The molecule has 0 radical (unpaired) electrons. The second kappa shape index (κ2) is 6.96. The fourth-order valence-corrected chi connectivity index (χ4v) is 2.39. The molecule has 2 nitrogen and oxygen atoms in total. The summed E-state index contributed by atoms with van der Waals surface area (Å²) in [6.07, 6.45) is 2.14. The molecule has 108 valence electrons. The van der Waals surface area contributed by atoms with Gasteiger partial charge in [0.15, 0.2) is 0 Å². The van der Waals surface area contributed by atoms with Gasteiger partial charge in [0, 0.05) is 10.6 Å². The number of benzene rings is 1. The minimum atomic E-state index is 0.282. The molecule has 0 aliphatic heterocycles. The van der Waals surface area contributed by atoms with Gasteiger partial charge in [-0.05, 0) is 50.1 Å². The van der Waals surface area contributed by atoms with Crippen molar-refractivity contribution in [2.75, 3.05) is 6.54 Å². The Kier molecular flexibility index (Phi) is 5.27. The van der Waals surface area contributed by atoms with Gasteiger partial charge in [-0.3, -0.25) is 0 Å². The summed E-state index contributed by atoms with van der Waals surface area (Å²) in [5.41, 5.74) is 2.11. The van der Waals surface area contributed by atoms with Crippen molar-refractivity contribution >= 4 is 11.6 Å². The van der Waals surface area contributed by atoms with Crippen LogP contribution < -0.4 is 5.32 Å². The zero-order valence-corrected chi connectivity index (χ0v) is 13.1. The fourth-order valence-electron chi connectivity index (χ4n) is 2.21. The highest BCUT2D eigenvalue weighted by molar-refractivity contribution is 6.31. The third kappa shape index (κ3) is 3.44. The molecule has 1 atom stereocenters. The molecule has 0 aliphatic rings. The number of rotatable bonds is 6. The van der Waals surface area contributed by atoms with Crippen LogP contribution >= 0.6 is 11.6 Å². The van der Waals surface area contributed by atoms with Crippen LogP contribution in [0, 0.1) is 6.92 Å². The topological polar surface area (TPSA) is 25.2 Å². The predicted molar refractivity (Wildman–Crippen MR) is 85.2 cm³/mol. The van der Waals surface area contributed by atoms with Crippen LogP contribution in [-0.4, -0.2) is 6.54 Å². The maximum Gasteiger partial charge on any atom is 0.134 e. The molecule has 0 saturated carbocycles. The molecular formula is C17H22ClNO. The minimum absolute atomic E-state index is 0.282. The van der Waals surface area contributed by atoms with Crippen LogP contribution in [0.3, 0.4) is 0 Å². The first-order chi connectivity index (χ1) is 9.65. The van der Waals surface area contributed by atoms with Crippen LogP contribution in [0.25, 0.3) is 11.3 Å². The van der Waals surface area contributed by atoms with Crippen molar-refractivity contribution in [3.63, 3.8) is 0 Å². The average molecular weight is 292 g/mol. The van der Waals surface area contributed by atoms with Gasteiger partial charge >= 0.3 is 0 Å². The van der Waals surface area contributed by atoms with Crippen molar-refractivity contribution in [3.05, 3.63) is 46.7 Å². The summed E-state index contributed by atoms with van der Waals surface area (Å²) in [4.78, 5) is 0. The van der Waals surface area contributed by atoms with E-state index in [2.05, 4.69) is 25.2 Å². The predicted octanol–water partition coefficient (Wildman–Crippen LogP) is 5.36. The molecule has 0 amide bonds. The number of hydrogen-bond acceptors (Lipinski definition) is 2. The van der Waals surface area contributed by atoms with E-state index in [1.807, 2.05) is 31.2 Å². The number of aryl methyl sites for hydroxylation is 1. The molecule has 1 heterocycles. The van der Waals surface area contributed by atoms with E-state index in [1.54, 1.807) is 0 Å². The van der Waals surface area contributed by atoms with Gasteiger partial charge in [-0.15, -0.1) is 0 Å². The lowest BCUT2D eigenvalue weighted by molar-refractivity contribution is 0.411. The summed E-state index contributed by atoms with van der Waals surface area (Å²) < 4.78 is 5.99. The Morgan fingerprint density at radius 2 is 2.00 bits per heavy atom. The van der Waals surface area contributed by atoms with E-state index in [9.17, 15) is 0 Å². The van der Waals surface area contributed by atoms with Gasteiger partial charge in [0.25, 0.3) is 0 Å². The molecule has 2 aromatic rings.